The highest BCUT2D eigenvalue weighted by molar-refractivity contribution is 5.78. The maximum absolute atomic E-state index is 11.8. The van der Waals surface area contributed by atoms with Gasteiger partial charge in [0.05, 0.1) is 13.7 Å². The van der Waals surface area contributed by atoms with E-state index in [2.05, 4.69) is 10.1 Å². The lowest BCUT2D eigenvalue weighted by atomic mass is 10.0. The van der Waals surface area contributed by atoms with Crippen LogP contribution in [0.2, 0.25) is 0 Å². The summed E-state index contributed by atoms with van der Waals surface area (Å²) in [5.74, 6) is 0.227. The van der Waals surface area contributed by atoms with E-state index >= 15 is 0 Å². The first-order valence-electron chi connectivity index (χ1n) is 7.76. The highest BCUT2D eigenvalue weighted by Crippen LogP contribution is 2.13. The minimum atomic E-state index is -0.235. The van der Waals surface area contributed by atoms with Crippen molar-refractivity contribution in [1.82, 2.24) is 5.32 Å². The third-order valence-corrected chi connectivity index (χ3v) is 3.61. The van der Waals surface area contributed by atoms with Crippen LogP contribution in [-0.4, -0.2) is 31.6 Å². The van der Waals surface area contributed by atoms with Crippen molar-refractivity contribution < 1.29 is 19.1 Å². The molecule has 0 aliphatic carbocycles. The second-order valence-electron chi connectivity index (χ2n) is 5.54. The molecule has 1 aromatic rings. The molecule has 0 saturated carbocycles. The van der Waals surface area contributed by atoms with Crippen molar-refractivity contribution in [2.45, 2.75) is 39.3 Å². The zero-order valence-electron chi connectivity index (χ0n) is 14.0. The molecule has 6 nitrogen and oxygen atoms in total. The lowest BCUT2D eigenvalue weighted by Gasteiger charge is -2.15. The molecule has 0 aliphatic heterocycles. The molecule has 2 unspecified atom stereocenters. The van der Waals surface area contributed by atoms with E-state index in [-0.39, 0.29) is 23.8 Å². The van der Waals surface area contributed by atoms with Crippen molar-refractivity contribution in [3.63, 3.8) is 0 Å². The molecule has 0 saturated heterocycles. The number of carbonyl (C=O) groups is 2. The minimum absolute atomic E-state index is 0.0527. The zero-order chi connectivity index (χ0) is 17.2. The van der Waals surface area contributed by atoms with Gasteiger partial charge in [-0.25, -0.2) is 0 Å². The SMILES string of the molecule is COC(=O)CCCOc1ccc(CNC(=O)C(C)C(C)N)cc1. The summed E-state index contributed by atoms with van der Waals surface area (Å²) < 4.78 is 10.1. The maximum Gasteiger partial charge on any atom is 0.305 e. The first-order valence-corrected chi connectivity index (χ1v) is 7.76. The molecule has 6 heteroatoms. The Balaban J connectivity index is 2.33. The van der Waals surface area contributed by atoms with E-state index in [0.29, 0.717) is 26.0 Å². The van der Waals surface area contributed by atoms with Crippen LogP contribution in [0.3, 0.4) is 0 Å². The number of methoxy groups -OCH3 is 1. The molecule has 1 rings (SSSR count). The molecule has 0 radical (unpaired) electrons. The van der Waals surface area contributed by atoms with Gasteiger partial charge in [0.2, 0.25) is 5.91 Å². The van der Waals surface area contributed by atoms with E-state index in [1.54, 1.807) is 0 Å². The monoisotopic (exact) mass is 322 g/mol. The highest BCUT2D eigenvalue weighted by atomic mass is 16.5. The summed E-state index contributed by atoms with van der Waals surface area (Å²) in [6, 6.07) is 7.30. The van der Waals surface area contributed by atoms with Crippen molar-refractivity contribution in [2.75, 3.05) is 13.7 Å². The molecule has 0 aliphatic rings. The van der Waals surface area contributed by atoms with Gasteiger partial charge in [-0.05, 0) is 31.0 Å². The van der Waals surface area contributed by atoms with Gasteiger partial charge in [0.1, 0.15) is 5.75 Å². The number of benzene rings is 1. The van der Waals surface area contributed by atoms with Gasteiger partial charge in [-0.15, -0.1) is 0 Å². The van der Waals surface area contributed by atoms with Gasteiger partial charge in [0, 0.05) is 24.9 Å². The molecule has 1 amide bonds. The summed E-state index contributed by atoms with van der Waals surface area (Å²) in [4.78, 5) is 22.8. The second-order valence-corrected chi connectivity index (χ2v) is 5.54. The van der Waals surface area contributed by atoms with E-state index in [9.17, 15) is 9.59 Å². The molecule has 0 heterocycles. The third-order valence-electron chi connectivity index (χ3n) is 3.61. The Hall–Kier alpha value is -2.08. The van der Waals surface area contributed by atoms with Gasteiger partial charge >= 0.3 is 5.97 Å². The summed E-state index contributed by atoms with van der Waals surface area (Å²) in [5, 5.41) is 2.86. The molecule has 3 N–H and O–H groups in total. The Labute approximate surface area is 137 Å². The lowest BCUT2D eigenvalue weighted by Crippen LogP contribution is -2.38. The Kier molecular flexibility index (Phi) is 8.11. The number of nitrogens with two attached hydrogens (primary N) is 1. The standard InChI is InChI=1S/C17H26N2O4/c1-12(13(2)18)17(21)19-11-14-6-8-15(9-7-14)23-10-4-5-16(20)22-3/h6-9,12-13H,4-5,10-11,18H2,1-3H3,(H,19,21). The van der Waals surface area contributed by atoms with Crippen LogP contribution in [0.5, 0.6) is 5.75 Å². The third kappa shape index (κ3) is 7.15. The van der Waals surface area contributed by atoms with E-state index < -0.39 is 0 Å². The molecule has 0 fully saturated rings. The van der Waals surface area contributed by atoms with Crippen molar-refractivity contribution in [1.29, 1.82) is 0 Å². The van der Waals surface area contributed by atoms with Crippen LogP contribution < -0.4 is 15.8 Å². The Morgan fingerprint density at radius 3 is 2.43 bits per heavy atom. The van der Waals surface area contributed by atoms with E-state index in [4.69, 9.17) is 10.5 Å². The molecule has 128 valence electrons. The summed E-state index contributed by atoms with van der Waals surface area (Å²) >= 11 is 0. The van der Waals surface area contributed by atoms with Gasteiger partial charge < -0.3 is 20.5 Å². The van der Waals surface area contributed by atoms with Gasteiger partial charge in [0.25, 0.3) is 0 Å². The van der Waals surface area contributed by atoms with Crippen LogP contribution in [0, 0.1) is 5.92 Å². The molecule has 1 aromatic carbocycles. The van der Waals surface area contributed by atoms with Gasteiger partial charge in [-0.3, -0.25) is 9.59 Å². The second kappa shape index (κ2) is 9.84. The van der Waals surface area contributed by atoms with Crippen LogP contribution in [0.1, 0.15) is 32.3 Å². The number of carbonyl (C=O) groups excluding carboxylic acids is 2. The van der Waals surface area contributed by atoms with Crippen molar-refractivity contribution >= 4 is 11.9 Å². The van der Waals surface area contributed by atoms with Gasteiger partial charge in [-0.2, -0.15) is 0 Å². The lowest BCUT2D eigenvalue weighted by molar-refractivity contribution is -0.140. The number of esters is 1. The minimum Gasteiger partial charge on any atom is -0.494 e. The number of hydrogen-bond donors (Lipinski definition) is 2. The summed E-state index contributed by atoms with van der Waals surface area (Å²) in [6.07, 6.45) is 0.956. The van der Waals surface area contributed by atoms with Crippen LogP contribution in [0.4, 0.5) is 0 Å². The fourth-order valence-corrected chi connectivity index (χ4v) is 1.80. The number of ether oxygens (including phenoxy) is 2. The molecule has 0 bridgehead atoms. The average Bonchev–Trinajstić information content (AvgIpc) is 2.56. The number of rotatable bonds is 9. The van der Waals surface area contributed by atoms with E-state index in [1.807, 2.05) is 38.1 Å². The quantitative estimate of drug-likeness (QED) is 0.532. The Morgan fingerprint density at radius 2 is 1.87 bits per heavy atom. The molecule has 0 spiro atoms. The fourth-order valence-electron chi connectivity index (χ4n) is 1.80. The largest absolute Gasteiger partial charge is 0.494 e. The summed E-state index contributed by atoms with van der Waals surface area (Å²) in [7, 11) is 1.37. The number of amides is 1. The van der Waals surface area contributed by atoms with Crippen LogP contribution in [-0.2, 0) is 20.9 Å². The van der Waals surface area contributed by atoms with Crippen molar-refractivity contribution in [2.24, 2.45) is 11.7 Å². The summed E-state index contributed by atoms with van der Waals surface area (Å²) in [6.45, 7) is 4.54. The topological polar surface area (TPSA) is 90.6 Å². The Bertz CT molecular complexity index is 500. The average molecular weight is 322 g/mol. The van der Waals surface area contributed by atoms with Crippen LogP contribution in [0.25, 0.3) is 0 Å². The van der Waals surface area contributed by atoms with E-state index in [1.165, 1.54) is 7.11 Å². The first kappa shape index (κ1) is 19.0. The van der Waals surface area contributed by atoms with Crippen LogP contribution >= 0.6 is 0 Å². The smallest absolute Gasteiger partial charge is 0.305 e. The molecular weight excluding hydrogens is 296 g/mol. The molecular formula is C17H26N2O4. The summed E-state index contributed by atoms with van der Waals surface area (Å²) in [5.41, 5.74) is 6.69. The van der Waals surface area contributed by atoms with E-state index in [0.717, 1.165) is 11.3 Å². The molecule has 23 heavy (non-hydrogen) atoms. The zero-order valence-corrected chi connectivity index (χ0v) is 14.0. The molecule has 0 aromatic heterocycles. The van der Waals surface area contributed by atoms with Gasteiger partial charge in [0.15, 0.2) is 0 Å². The maximum atomic E-state index is 11.8. The van der Waals surface area contributed by atoms with Gasteiger partial charge in [-0.1, -0.05) is 19.1 Å². The van der Waals surface area contributed by atoms with Crippen LogP contribution in [0.15, 0.2) is 24.3 Å². The molecule has 2 atom stereocenters. The predicted molar refractivity (Wildman–Crippen MR) is 87.8 cm³/mol. The van der Waals surface area contributed by atoms with Crippen molar-refractivity contribution in [3.8, 4) is 5.75 Å². The fraction of sp³-hybridized carbons (Fsp3) is 0.529. The highest BCUT2D eigenvalue weighted by Gasteiger charge is 2.16. The van der Waals surface area contributed by atoms with Crippen molar-refractivity contribution in [3.05, 3.63) is 29.8 Å². The first-order chi connectivity index (χ1) is 10.9. The Morgan fingerprint density at radius 1 is 1.22 bits per heavy atom. The normalized spacial score (nSPS) is 13.0. The predicted octanol–water partition coefficient (Wildman–Crippen LogP) is 1.62. The number of nitrogens with one attached hydrogen (secondary N) is 1. The number of hydrogen-bond acceptors (Lipinski definition) is 5.